The lowest BCUT2D eigenvalue weighted by molar-refractivity contribution is 0.264. The molecule has 0 aliphatic carbocycles. The number of ether oxygens (including phenoxy) is 2. The fraction of sp³-hybridized carbons (Fsp3) is 0.312. The summed E-state index contributed by atoms with van der Waals surface area (Å²) in [4.78, 5) is 4.35. The third-order valence-corrected chi connectivity index (χ3v) is 3.58. The Labute approximate surface area is 128 Å². The summed E-state index contributed by atoms with van der Waals surface area (Å²) in [7, 11) is 0. The van der Waals surface area contributed by atoms with Gasteiger partial charge >= 0.3 is 0 Å². The fourth-order valence-corrected chi connectivity index (χ4v) is 2.35. The first-order valence-corrected chi connectivity index (χ1v) is 7.72. The van der Waals surface area contributed by atoms with Gasteiger partial charge in [0, 0.05) is 17.1 Å². The van der Waals surface area contributed by atoms with E-state index in [1.807, 2.05) is 44.2 Å². The molecule has 2 aromatic rings. The molecule has 0 saturated heterocycles. The lowest BCUT2D eigenvalue weighted by Gasteiger charge is -2.15. The number of halogens is 1. The minimum Gasteiger partial charge on any atom is -0.490 e. The molecule has 0 saturated carbocycles. The van der Waals surface area contributed by atoms with Gasteiger partial charge in [0.15, 0.2) is 11.5 Å². The van der Waals surface area contributed by atoms with Gasteiger partial charge in [0.05, 0.1) is 12.3 Å². The van der Waals surface area contributed by atoms with Crippen LogP contribution in [-0.4, -0.2) is 11.6 Å². The minimum atomic E-state index is 0.441. The topological polar surface area (TPSA) is 31.4 Å². The lowest BCUT2D eigenvalue weighted by Crippen LogP contribution is -2.04. The summed E-state index contributed by atoms with van der Waals surface area (Å²) in [6, 6.07) is 9.89. The second-order valence-corrected chi connectivity index (χ2v) is 4.93. The van der Waals surface area contributed by atoms with Gasteiger partial charge in [0.2, 0.25) is 0 Å². The summed E-state index contributed by atoms with van der Waals surface area (Å²) in [6.07, 6.45) is 1.78. The fourth-order valence-electron chi connectivity index (χ4n) is 1.91. The molecule has 0 N–H and O–H groups in total. The van der Waals surface area contributed by atoms with Crippen molar-refractivity contribution in [2.24, 2.45) is 0 Å². The van der Waals surface area contributed by atoms with E-state index in [0.717, 1.165) is 33.6 Å². The number of nitrogens with zero attached hydrogens (tertiary/aromatic N) is 1. The van der Waals surface area contributed by atoms with Gasteiger partial charge in [0.1, 0.15) is 6.61 Å². The van der Waals surface area contributed by atoms with Gasteiger partial charge in [-0.1, -0.05) is 34.1 Å². The first kappa shape index (κ1) is 14.9. The van der Waals surface area contributed by atoms with Crippen LogP contribution in [0.1, 0.15) is 23.7 Å². The van der Waals surface area contributed by atoms with Gasteiger partial charge in [-0.15, -0.1) is 0 Å². The summed E-state index contributed by atoms with van der Waals surface area (Å²) in [5.41, 5.74) is 3.14. The van der Waals surface area contributed by atoms with Crippen molar-refractivity contribution < 1.29 is 9.47 Å². The van der Waals surface area contributed by atoms with Crippen LogP contribution in [0.5, 0.6) is 11.5 Å². The van der Waals surface area contributed by atoms with Crippen molar-refractivity contribution in [3.63, 3.8) is 0 Å². The van der Waals surface area contributed by atoms with E-state index in [2.05, 4.69) is 20.9 Å². The van der Waals surface area contributed by atoms with Crippen LogP contribution < -0.4 is 9.47 Å². The molecule has 1 aromatic heterocycles. The first-order chi connectivity index (χ1) is 9.76. The smallest absolute Gasteiger partial charge is 0.165 e. The average Bonchev–Trinajstić information content (AvgIpc) is 2.47. The van der Waals surface area contributed by atoms with E-state index >= 15 is 0 Å². The Bertz CT molecular complexity index is 572. The van der Waals surface area contributed by atoms with Crippen molar-refractivity contribution in [3.8, 4) is 11.5 Å². The summed E-state index contributed by atoms with van der Waals surface area (Å²) in [5.74, 6) is 1.56. The molecule has 0 aliphatic heterocycles. The molecule has 0 atom stereocenters. The molecule has 0 amide bonds. The quantitative estimate of drug-likeness (QED) is 0.739. The van der Waals surface area contributed by atoms with Gasteiger partial charge in [-0.05, 0) is 31.5 Å². The third-order valence-electron chi connectivity index (χ3n) is 2.98. The van der Waals surface area contributed by atoms with Gasteiger partial charge in [-0.2, -0.15) is 0 Å². The maximum absolute atomic E-state index is 5.96. The van der Waals surface area contributed by atoms with Crippen LogP contribution in [0.4, 0.5) is 0 Å². The number of aryl methyl sites for hydroxylation is 1. The van der Waals surface area contributed by atoms with Crippen LogP contribution in [0.15, 0.2) is 36.5 Å². The van der Waals surface area contributed by atoms with Crippen molar-refractivity contribution in [2.45, 2.75) is 25.8 Å². The van der Waals surface area contributed by atoms with Gasteiger partial charge < -0.3 is 9.47 Å². The minimum absolute atomic E-state index is 0.441. The molecule has 0 fully saturated rings. The van der Waals surface area contributed by atoms with Gasteiger partial charge in [-0.25, -0.2) is 0 Å². The SMILES string of the molecule is CCOc1cccc(CBr)c1OCc1ncccc1C. The third kappa shape index (κ3) is 3.51. The lowest BCUT2D eigenvalue weighted by atomic mass is 10.2. The highest BCUT2D eigenvalue weighted by Crippen LogP contribution is 2.33. The normalized spacial score (nSPS) is 10.3. The number of aromatic nitrogens is 1. The Morgan fingerprint density at radius 3 is 2.70 bits per heavy atom. The predicted molar refractivity (Wildman–Crippen MR) is 83.5 cm³/mol. The number of pyridine rings is 1. The van der Waals surface area contributed by atoms with Crippen LogP contribution in [0.3, 0.4) is 0 Å². The maximum Gasteiger partial charge on any atom is 0.165 e. The number of rotatable bonds is 6. The van der Waals surface area contributed by atoms with Crippen molar-refractivity contribution in [1.82, 2.24) is 4.98 Å². The summed E-state index contributed by atoms with van der Waals surface area (Å²) >= 11 is 3.48. The Morgan fingerprint density at radius 2 is 2.00 bits per heavy atom. The van der Waals surface area contributed by atoms with E-state index in [-0.39, 0.29) is 0 Å². The zero-order valence-electron chi connectivity index (χ0n) is 11.7. The standard InChI is InChI=1S/C16H18BrNO2/c1-3-19-15-8-4-7-13(10-17)16(15)20-11-14-12(2)6-5-9-18-14/h4-9H,3,10-11H2,1-2H3. The van der Waals surface area contributed by atoms with E-state index < -0.39 is 0 Å². The average molecular weight is 336 g/mol. The van der Waals surface area contributed by atoms with E-state index in [1.54, 1.807) is 6.20 Å². The second-order valence-electron chi connectivity index (χ2n) is 4.37. The van der Waals surface area contributed by atoms with Crippen molar-refractivity contribution in [3.05, 3.63) is 53.3 Å². The summed E-state index contributed by atoms with van der Waals surface area (Å²) in [6.45, 7) is 5.06. The molecule has 20 heavy (non-hydrogen) atoms. The zero-order chi connectivity index (χ0) is 14.4. The molecule has 1 heterocycles. The van der Waals surface area contributed by atoms with Crippen molar-refractivity contribution in [1.29, 1.82) is 0 Å². The largest absolute Gasteiger partial charge is 0.490 e. The zero-order valence-corrected chi connectivity index (χ0v) is 13.3. The number of benzene rings is 1. The van der Waals surface area contributed by atoms with E-state index in [0.29, 0.717) is 13.2 Å². The molecule has 0 bridgehead atoms. The Kier molecular flexibility index (Phi) is 5.41. The molecule has 0 unspecified atom stereocenters. The van der Waals surface area contributed by atoms with Crippen LogP contribution in [0, 0.1) is 6.92 Å². The van der Waals surface area contributed by atoms with E-state index in [9.17, 15) is 0 Å². The van der Waals surface area contributed by atoms with Crippen LogP contribution >= 0.6 is 15.9 Å². The molecule has 106 valence electrons. The van der Waals surface area contributed by atoms with Crippen molar-refractivity contribution >= 4 is 15.9 Å². The summed E-state index contributed by atoms with van der Waals surface area (Å²) in [5, 5.41) is 0.727. The second kappa shape index (κ2) is 7.29. The van der Waals surface area contributed by atoms with Crippen LogP contribution in [-0.2, 0) is 11.9 Å². The van der Waals surface area contributed by atoms with Crippen LogP contribution in [0.2, 0.25) is 0 Å². The van der Waals surface area contributed by atoms with Gasteiger partial charge in [-0.3, -0.25) is 4.98 Å². The molecular weight excluding hydrogens is 318 g/mol. The summed E-state index contributed by atoms with van der Waals surface area (Å²) < 4.78 is 11.6. The molecule has 0 radical (unpaired) electrons. The maximum atomic E-state index is 5.96. The Hall–Kier alpha value is -1.55. The van der Waals surface area contributed by atoms with Crippen LogP contribution in [0.25, 0.3) is 0 Å². The molecule has 4 heteroatoms. The van der Waals surface area contributed by atoms with E-state index in [1.165, 1.54) is 0 Å². The Balaban J connectivity index is 2.21. The number of alkyl halides is 1. The number of hydrogen-bond donors (Lipinski definition) is 0. The molecule has 1 aromatic carbocycles. The molecular formula is C16H18BrNO2. The predicted octanol–water partition coefficient (Wildman–Crippen LogP) is 4.26. The monoisotopic (exact) mass is 335 g/mol. The Morgan fingerprint density at radius 1 is 1.15 bits per heavy atom. The number of para-hydroxylation sites is 1. The molecule has 3 nitrogen and oxygen atoms in total. The van der Waals surface area contributed by atoms with E-state index in [4.69, 9.17) is 9.47 Å². The highest BCUT2D eigenvalue weighted by atomic mass is 79.9. The molecule has 0 spiro atoms. The first-order valence-electron chi connectivity index (χ1n) is 6.60. The van der Waals surface area contributed by atoms with Gasteiger partial charge in [0.25, 0.3) is 0 Å². The number of hydrogen-bond acceptors (Lipinski definition) is 3. The highest BCUT2D eigenvalue weighted by Gasteiger charge is 2.11. The van der Waals surface area contributed by atoms with Crippen molar-refractivity contribution in [2.75, 3.05) is 6.61 Å². The molecule has 2 rings (SSSR count). The highest BCUT2D eigenvalue weighted by molar-refractivity contribution is 9.08. The molecule has 0 aliphatic rings.